The lowest BCUT2D eigenvalue weighted by molar-refractivity contribution is 0.235. The van der Waals surface area contributed by atoms with Gasteiger partial charge in [-0.1, -0.05) is 12.1 Å². The second kappa shape index (κ2) is 7.43. The quantitative estimate of drug-likeness (QED) is 0.877. The molecular formula is C15H22N2O2S. The molecule has 1 aliphatic rings. The summed E-state index contributed by atoms with van der Waals surface area (Å²) in [5.74, 6) is 3.02. The Balaban J connectivity index is 1.78. The van der Waals surface area contributed by atoms with Gasteiger partial charge in [0.2, 0.25) is 0 Å². The smallest absolute Gasteiger partial charge is 0.315 e. The number of rotatable bonds is 5. The van der Waals surface area contributed by atoms with Crippen molar-refractivity contribution in [1.29, 1.82) is 0 Å². The molecule has 2 amide bonds. The van der Waals surface area contributed by atoms with Gasteiger partial charge in [0.25, 0.3) is 0 Å². The summed E-state index contributed by atoms with van der Waals surface area (Å²) >= 11 is 1.89. The van der Waals surface area contributed by atoms with Crippen LogP contribution in [0.5, 0.6) is 5.75 Å². The Morgan fingerprint density at radius 2 is 2.40 bits per heavy atom. The number of hydrogen-bond acceptors (Lipinski definition) is 3. The number of nitrogens with one attached hydrogen (secondary N) is 2. The van der Waals surface area contributed by atoms with Crippen LogP contribution in [-0.2, 0) is 6.42 Å². The minimum atomic E-state index is -0.0621. The number of methoxy groups -OCH3 is 1. The summed E-state index contributed by atoms with van der Waals surface area (Å²) in [5, 5.41) is 6.02. The standard InChI is InChI=1S/C15H22N2O2S/c1-11(8-12-4-3-5-14(9-12)19-2)16-15(18)17-13-6-7-20-10-13/h3-5,9,11,13H,6-8,10H2,1-2H3,(H2,16,17,18)/t11-,13+/m1/s1. The van der Waals surface area contributed by atoms with E-state index in [1.54, 1.807) is 7.11 Å². The number of ether oxygens (including phenoxy) is 1. The van der Waals surface area contributed by atoms with Crippen LogP contribution in [0.1, 0.15) is 18.9 Å². The van der Waals surface area contributed by atoms with Crippen molar-refractivity contribution in [3.05, 3.63) is 29.8 Å². The highest BCUT2D eigenvalue weighted by molar-refractivity contribution is 7.99. The van der Waals surface area contributed by atoms with Gasteiger partial charge in [-0.15, -0.1) is 0 Å². The third kappa shape index (κ3) is 4.63. The van der Waals surface area contributed by atoms with Crippen molar-refractivity contribution in [2.75, 3.05) is 18.6 Å². The summed E-state index contributed by atoms with van der Waals surface area (Å²) in [5.41, 5.74) is 1.16. The molecule has 1 aromatic rings. The lowest BCUT2D eigenvalue weighted by Crippen LogP contribution is -2.46. The molecule has 0 spiro atoms. The molecule has 1 aromatic carbocycles. The molecule has 5 heteroatoms. The second-order valence-electron chi connectivity index (χ2n) is 5.14. The molecule has 1 heterocycles. The van der Waals surface area contributed by atoms with Gasteiger partial charge in [-0.25, -0.2) is 4.79 Å². The van der Waals surface area contributed by atoms with Gasteiger partial charge < -0.3 is 15.4 Å². The molecule has 0 aliphatic carbocycles. The number of carbonyl (C=O) groups is 1. The van der Waals surface area contributed by atoms with Crippen LogP contribution in [0, 0.1) is 0 Å². The van der Waals surface area contributed by atoms with Crippen LogP contribution >= 0.6 is 11.8 Å². The zero-order valence-corrected chi connectivity index (χ0v) is 12.8. The molecule has 0 bridgehead atoms. The van der Waals surface area contributed by atoms with Crippen LogP contribution in [0.2, 0.25) is 0 Å². The fourth-order valence-electron chi connectivity index (χ4n) is 2.30. The minimum absolute atomic E-state index is 0.0621. The van der Waals surface area contributed by atoms with Gasteiger partial charge in [0.1, 0.15) is 5.75 Å². The first-order valence-electron chi connectivity index (χ1n) is 6.95. The van der Waals surface area contributed by atoms with Gasteiger partial charge in [-0.2, -0.15) is 11.8 Å². The van der Waals surface area contributed by atoms with E-state index in [0.29, 0.717) is 6.04 Å². The Morgan fingerprint density at radius 3 is 3.10 bits per heavy atom. The summed E-state index contributed by atoms with van der Waals surface area (Å²) in [4.78, 5) is 11.9. The molecular weight excluding hydrogens is 272 g/mol. The molecule has 0 unspecified atom stereocenters. The van der Waals surface area contributed by atoms with Crippen molar-refractivity contribution in [2.24, 2.45) is 0 Å². The number of urea groups is 1. The van der Waals surface area contributed by atoms with E-state index in [2.05, 4.69) is 10.6 Å². The molecule has 1 saturated heterocycles. The molecule has 2 rings (SSSR count). The average Bonchev–Trinajstić information content (AvgIpc) is 2.91. The van der Waals surface area contributed by atoms with Crippen molar-refractivity contribution in [2.45, 2.75) is 31.8 Å². The maximum atomic E-state index is 11.9. The topological polar surface area (TPSA) is 50.4 Å². The Labute approximate surface area is 124 Å². The van der Waals surface area contributed by atoms with E-state index in [9.17, 15) is 4.79 Å². The van der Waals surface area contributed by atoms with E-state index < -0.39 is 0 Å². The van der Waals surface area contributed by atoms with Crippen molar-refractivity contribution in [3.63, 3.8) is 0 Å². The molecule has 4 nitrogen and oxygen atoms in total. The van der Waals surface area contributed by atoms with Gasteiger partial charge in [0, 0.05) is 17.8 Å². The molecule has 20 heavy (non-hydrogen) atoms. The monoisotopic (exact) mass is 294 g/mol. The zero-order chi connectivity index (χ0) is 14.4. The highest BCUT2D eigenvalue weighted by Gasteiger charge is 2.18. The Hall–Kier alpha value is -1.36. The Bertz CT molecular complexity index is 447. The number of thioether (sulfide) groups is 1. The van der Waals surface area contributed by atoms with Crippen LogP contribution in [0.4, 0.5) is 4.79 Å². The van der Waals surface area contributed by atoms with Crippen LogP contribution in [0.3, 0.4) is 0 Å². The average molecular weight is 294 g/mol. The summed E-state index contributed by atoms with van der Waals surface area (Å²) < 4.78 is 5.20. The highest BCUT2D eigenvalue weighted by Crippen LogP contribution is 2.17. The third-order valence-electron chi connectivity index (χ3n) is 3.32. The molecule has 1 fully saturated rings. The van der Waals surface area contributed by atoms with E-state index in [1.807, 2.05) is 43.0 Å². The first-order chi connectivity index (χ1) is 9.67. The van der Waals surface area contributed by atoms with Crippen LogP contribution in [-0.4, -0.2) is 36.7 Å². The minimum Gasteiger partial charge on any atom is -0.497 e. The van der Waals surface area contributed by atoms with Gasteiger partial charge in [0.15, 0.2) is 0 Å². The van der Waals surface area contributed by atoms with E-state index in [0.717, 1.165) is 35.7 Å². The van der Waals surface area contributed by atoms with Crippen molar-refractivity contribution in [3.8, 4) is 5.75 Å². The predicted molar refractivity (Wildman–Crippen MR) is 83.6 cm³/mol. The summed E-state index contributed by atoms with van der Waals surface area (Å²) in [6.45, 7) is 2.02. The molecule has 110 valence electrons. The number of carbonyl (C=O) groups excluding carboxylic acids is 1. The normalized spacial score (nSPS) is 19.4. The van der Waals surface area contributed by atoms with E-state index >= 15 is 0 Å². The molecule has 0 radical (unpaired) electrons. The van der Waals surface area contributed by atoms with E-state index in [4.69, 9.17) is 4.74 Å². The summed E-state index contributed by atoms with van der Waals surface area (Å²) in [6.07, 6.45) is 1.87. The predicted octanol–water partition coefficient (Wildman–Crippen LogP) is 2.43. The highest BCUT2D eigenvalue weighted by atomic mass is 32.2. The van der Waals surface area contributed by atoms with E-state index in [1.165, 1.54) is 0 Å². The Kier molecular flexibility index (Phi) is 5.59. The lowest BCUT2D eigenvalue weighted by Gasteiger charge is -2.17. The van der Waals surface area contributed by atoms with Crippen LogP contribution < -0.4 is 15.4 Å². The van der Waals surface area contributed by atoms with Crippen molar-refractivity contribution < 1.29 is 9.53 Å². The maximum absolute atomic E-state index is 11.9. The molecule has 0 aromatic heterocycles. The summed E-state index contributed by atoms with van der Waals surface area (Å²) in [6, 6.07) is 8.30. The SMILES string of the molecule is COc1cccc(C[C@@H](C)NC(=O)N[C@H]2CCSC2)c1. The fraction of sp³-hybridized carbons (Fsp3) is 0.533. The molecule has 2 N–H and O–H groups in total. The van der Waals surface area contributed by atoms with Crippen LogP contribution in [0.25, 0.3) is 0 Å². The van der Waals surface area contributed by atoms with Gasteiger partial charge in [-0.05, 0) is 43.2 Å². The molecule has 0 saturated carbocycles. The number of amides is 2. The third-order valence-corrected chi connectivity index (χ3v) is 4.48. The molecule has 1 aliphatic heterocycles. The fourth-order valence-corrected chi connectivity index (χ4v) is 3.46. The second-order valence-corrected chi connectivity index (χ2v) is 6.28. The zero-order valence-electron chi connectivity index (χ0n) is 12.0. The first kappa shape index (κ1) is 15.0. The first-order valence-corrected chi connectivity index (χ1v) is 8.10. The van der Waals surface area contributed by atoms with Gasteiger partial charge in [-0.3, -0.25) is 0 Å². The van der Waals surface area contributed by atoms with Crippen LogP contribution in [0.15, 0.2) is 24.3 Å². The molecule has 2 atom stereocenters. The van der Waals surface area contributed by atoms with Crippen molar-refractivity contribution >= 4 is 17.8 Å². The number of hydrogen-bond donors (Lipinski definition) is 2. The van der Waals surface area contributed by atoms with Gasteiger partial charge >= 0.3 is 6.03 Å². The summed E-state index contributed by atoms with van der Waals surface area (Å²) in [7, 11) is 1.66. The largest absolute Gasteiger partial charge is 0.497 e. The number of benzene rings is 1. The van der Waals surface area contributed by atoms with Gasteiger partial charge in [0.05, 0.1) is 7.11 Å². The lowest BCUT2D eigenvalue weighted by atomic mass is 10.1. The maximum Gasteiger partial charge on any atom is 0.315 e. The van der Waals surface area contributed by atoms with E-state index in [-0.39, 0.29) is 12.1 Å². The van der Waals surface area contributed by atoms with Crippen molar-refractivity contribution in [1.82, 2.24) is 10.6 Å². The Morgan fingerprint density at radius 1 is 1.55 bits per heavy atom.